The molecule has 2 heterocycles. The monoisotopic (exact) mass is 352 g/mol. The molecule has 8 heteroatoms. The molecule has 8 nitrogen and oxygen atoms in total. The van der Waals surface area contributed by atoms with Crippen LogP contribution in [0.2, 0.25) is 0 Å². The topological polar surface area (TPSA) is 99.6 Å². The van der Waals surface area contributed by atoms with E-state index < -0.39 is 0 Å². The lowest BCUT2D eigenvalue weighted by Crippen LogP contribution is -2.38. The van der Waals surface area contributed by atoms with Crippen LogP contribution in [0.25, 0.3) is 0 Å². The number of hydrogen-bond donors (Lipinski definition) is 2. The van der Waals surface area contributed by atoms with E-state index in [-0.39, 0.29) is 18.4 Å². The Labute approximate surface area is 151 Å². The Bertz CT molecular complexity index is 779. The number of nitrogens with one attached hydrogen (secondary N) is 2. The number of amides is 2. The highest BCUT2D eigenvalue weighted by Crippen LogP contribution is 2.14. The van der Waals surface area contributed by atoms with Crippen molar-refractivity contribution in [1.82, 2.24) is 20.3 Å². The van der Waals surface area contributed by atoms with E-state index in [0.29, 0.717) is 31.7 Å². The molecule has 0 aliphatic carbocycles. The Morgan fingerprint density at radius 1 is 1.15 bits per heavy atom. The third-order valence-electron chi connectivity index (χ3n) is 3.83. The van der Waals surface area contributed by atoms with Crippen LogP contribution in [0, 0.1) is 0 Å². The first-order valence-corrected chi connectivity index (χ1v) is 8.42. The van der Waals surface area contributed by atoms with E-state index in [4.69, 9.17) is 0 Å². The average Bonchev–Trinajstić information content (AvgIpc) is 2.68. The number of aromatic nitrogens is 2. The highest BCUT2D eigenvalue weighted by molar-refractivity contribution is 6.04. The van der Waals surface area contributed by atoms with E-state index in [2.05, 4.69) is 25.7 Å². The molecule has 2 amide bonds. The van der Waals surface area contributed by atoms with Gasteiger partial charge in [-0.25, -0.2) is 9.99 Å². The molecule has 1 aromatic carbocycles. The summed E-state index contributed by atoms with van der Waals surface area (Å²) in [4.78, 5) is 31.7. The van der Waals surface area contributed by atoms with Gasteiger partial charge in [0.05, 0.1) is 25.0 Å². The molecule has 134 valence electrons. The number of carbonyl (C=O) groups excluding carboxylic acids is 2. The summed E-state index contributed by atoms with van der Waals surface area (Å²) in [6.45, 7) is 0.993. The van der Waals surface area contributed by atoms with Gasteiger partial charge in [0.15, 0.2) is 5.82 Å². The fourth-order valence-corrected chi connectivity index (χ4v) is 2.55. The Balaban J connectivity index is 1.46. The van der Waals surface area contributed by atoms with E-state index in [9.17, 15) is 9.59 Å². The molecular weight excluding hydrogens is 332 g/mol. The normalized spacial score (nSPS) is 14.1. The first-order chi connectivity index (χ1) is 12.7. The summed E-state index contributed by atoms with van der Waals surface area (Å²) in [6.07, 6.45) is 5.61. The quantitative estimate of drug-likeness (QED) is 0.725. The van der Waals surface area contributed by atoms with Crippen molar-refractivity contribution in [1.29, 1.82) is 0 Å². The minimum Gasteiger partial charge on any atom is -0.308 e. The number of hydrogen-bond acceptors (Lipinski definition) is 6. The molecule has 0 atom stereocenters. The van der Waals surface area contributed by atoms with Crippen LogP contribution in [-0.2, 0) is 9.59 Å². The summed E-state index contributed by atoms with van der Waals surface area (Å²) in [5, 5.41) is 11.6. The van der Waals surface area contributed by atoms with Crippen molar-refractivity contribution in [3.63, 3.8) is 0 Å². The molecule has 1 aliphatic rings. The SMILES string of the molecule is O=C(CNCCN1N=C(c2ccccc2)CCC1=O)Nc1cnccn1. The molecule has 2 aromatic rings. The Hall–Kier alpha value is -3.13. The van der Waals surface area contributed by atoms with Gasteiger partial charge < -0.3 is 10.6 Å². The van der Waals surface area contributed by atoms with E-state index in [1.165, 1.54) is 23.6 Å². The molecule has 1 aliphatic heterocycles. The van der Waals surface area contributed by atoms with Crippen LogP contribution < -0.4 is 10.6 Å². The standard InChI is InChI=1S/C18H20N6O2/c25-17(22-16-12-19-8-9-21-16)13-20-10-11-24-18(26)7-6-15(23-24)14-4-2-1-3-5-14/h1-5,8-9,12,20H,6-7,10-11,13H2,(H,21,22,25). The van der Waals surface area contributed by atoms with Crippen molar-refractivity contribution in [2.75, 3.05) is 25.0 Å². The fourth-order valence-electron chi connectivity index (χ4n) is 2.55. The summed E-state index contributed by atoms with van der Waals surface area (Å²) in [6, 6.07) is 9.83. The van der Waals surface area contributed by atoms with Crippen LogP contribution in [0.1, 0.15) is 18.4 Å². The molecule has 0 fully saturated rings. The minimum atomic E-state index is -0.219. The maximum atomic E-state index is 12.0. The second-order valence-corrected chi connectivity index (χ2v) is 5.75. The Kier molecular flexibility index (Phi) is 6.00. The third-order valence-corrected chi connectivity index (χ3v) is 3.83. The molecule has 0 spiro atoms. The van der Waals surface area contributed by atoms with Crippen LogP contribution in [0.15, 0.2) is 54.0 Å². The zero-order valence-corrected chi connectivity index (χ0v) is 14.3. The number of nitrogens with zero attached hydrogens (tertiary/aromatic N) is 4. The second kappa shape index (κ2) is 8.82. The first-order valence-electron chi connectivity index (χ1n) is 8.42. The van der Waals surface area contributed by atoms with Crippen LogP contribution in [-0.4, -0.2) is 52.1 Å². The van der Waals surface area contributed by atoms with Gasteiger partial charge in [-0.3, -0.25) is 14.6 Å². The molecule has 0 bridgehead atoms. The smallest absolute Gasteiger partial charge is 0.243 e. The molecule has 0 saturated heterocycles. The van der Waals surface area contributed by atoms with Crippen LogP contribution in [0.4, 0.5) is 5.82 Å². The van der Waals surface area contributed by atoms with Gasteiger partial charge in [-0.05, 0) is 5.56 Å². The molecule has 0 saturated carbocycles. The molecule has 1 aromatic heterocycles. The van der Waals surface area contributed by atoms with Crippen LogP contribution >= 0.6 is 0 Å². The zero-order valence-electron chi connectivity index (χ0n) is 14.3. The van der Waals surface area contributed by atoms with Crippen molar-refractivity contribution in [3.05, 3.63) is 54.5 Å². The maximum absolute atomic E-state index is 12.0. The van der Waals surface area contributed by atoms with E-state index in [0.717, 1.165) is 11.3 Å². The highest BCUT2D eigenvalue weighted by Gasteiger charge is 2.20. The van der Waals surface area contributed by atoms with Gasteiger partial charge in [0, 0.05) is 31.8 Å². The Morgan fingerprint density at radius 3 is 2.77 bits per heavy atom. The van der Waals surface area contributed by atoms with Gasteiger partial charge in [0.2, 0.25) is 11.8 Å². The van der Waals surface area contributed by atoms with E-state index in [1.807, 2.05) is 30.3 Å². The molecule has 3 rings (SSSR count). The third kappa shape index (κ3) is 4.93. The molecule has 2 N–H and O–H groups in total. The summed E-state index contributed by atoms with van der Waals surface area (Å²) < 4.78 is 0. The zero-order chi connectivity index (χ0) is 18.2. The second-order valence-electron chi connectivity index (χ2n) is 5.75. The van der Waals surface area contributed by atoms with Crippen LogP contribution in [0.5, 0.6) is 0 Å². The maximum Gasteiger partial charge on any atom is 0.243 e. The fraction of sp³-hybridized carbons (Fsp3) is 0.278. The van der Waals surface area contributed by atoms with Gasteiger partial charge in [0.25, 0.3) is 0 Å². The summed E-state index contributed by atoms with van der Waals surface area (Å²) in [5.74, 6) is 0.182. The predicted molar refractivity (Wildman–Crippen MR) is 97.5 cm³/mol. The predicted octanol–water partition coefficient (Wildman–Crippen LogP) is 1.03. The lowest BCUT2D eigenvalue weighted by molar-refractivity contribution is -0.131. The van der Waals surface area contributed by atoms with Crippen molar-refractivity contribution in [3.8, 4) is 0 Å². The first kappa shape index (κ1) is 17.7. The number of anilines is 1. The largest absolute Gasteiger partial charge is 0.308 e. The van der Waals surface area contributed by atoms with Gasteiger partial charge in [-0.1, -0.05) is 30.3 Å². The number of carbonyl (C=O) groups is 2. The molecule has 0 radical (unpaired) electrons. The molecular formula is C18H20N6O2. The van der Waals surface area contributed by atoms with E-state index in [1.54, 1.807) is 0 Å². The van der Waals surface area contributed by atoms with Gasteiger partial charge in [-0.2, -0.15) is 5.10 Å². The molecule has 26 heavy (non-hydrogen) atoms. The lowest BCUT2D eigenvalue weighted by atomic mass is 10.0. The van der Waals surface area contributed by atoms with Crippen molar-refractivity contribution in [2.45, 2.75) is 12.8 Å². The number of benzene rings is 1. The van der Waals surface area contributed by atoms with Gasteiger partial charge in [-0.15, -0.1) is 0 Å². The number of hydrazone groups is 1. The van der Waals surface area contributed by atoms with E-state index >= 15 is 0 Å². The Morgan fingerprint density at radius 2 is 2.00 bits per heavy atom. The van der Waals surface area contributed by atoms with Crippen molar-refractivity contribution in [2.24, 2.45) is 5.10 Å². The summed E-state index contributed by atoms with van der Waals surface area (Å²) in [7, 11) is 0. The molecule has 0 unspecified atom stereocenters. The summed E-state index contributed by atoms with van der Waals surface area (Å²) >= 11 is 0. The van der Waals surface area contributed by atoms with Crippen molar-refractivity contribution >= 4 is 23.3 Å². The minimum absolute atomic E-state index is 0.00417. The summed E-state index contributed by atoms with van der Waals surface area (Å²) in [5.41, 5.74) is 1.94. The van der Waals surface area contributed by atoms with Gasteiger partial charge >= 0.3 is 0 Å². The van der Waals surface area contributed by atoms with Crippen LogP contribution in [0.3, 0.4) is 0 Å². The average molecular weight is 352 g/mol. The number of rotatable bonds is 7. The highest BCUT2D eigenvalue weighted by atomic mass is 16.2. The van der Waals surface area contributed by atoms with Gasteiger partial charge in [0.1, 0.15) is 0 Å². The lowest BCUT2D eigenvalue weighted by Gasteiger charge is -2.23. The van der Waals surface area contributed by atoms with Crippen molar-refractivity contribution < 1.29 is 9.59 Å².